The van der Waals surface area contributed by atoms with Crippen molar-refractivity contribution < 1.29 is 8.42 Å². The largest absolute Gasteiger partial charge is 0.352 e. The minimum absolute atomic E-state index is 0.348. The van der Waals surface area contributed by atoms with Crippen LogP contribution in [0.3, 0.4) is 0 Å². The number of aryl methyl sites for hydroxylation is 1. The van der Waals surface area contributed by atoms with E-state index in [9.17, 15) is 8.42 Å². The first-order valence-corrected chi connectivity index (χ1v) is 9.29. The van der Waals surface area contributed by atoms with Crippen LogP contribution in [-0.4, -0.2) is 26.6 Å². The Bertz CT molecular complexity index is 509. The molecule has 0 amide bonds. The van der Waals surface area contributed by atoms with Gasteiger partial charge in [-0.3, -0.25) is 0 Å². The molecule has 0 saturated carbocycles. The summed E-state index contributed by atoms with van der Waals surface area (Å²) < 4.78 is 28.9. The van der Waals surface area contributed by atoms with E-state index in [4.69, 9.17) is 0 Å². The van der Waals surface area contributed by atoms with Crippen LogP contribution < -0.4 is 10.0 Å². The van der Waals surface area contributed by atoms with Crippen LogP contribution in [0, 0.1) is 0 Å². The molecule has 1 rings (SSSR count). The van der Waals surface area contributed by atoms with Gasteiger partial charge in [0.15, 0.2) is 0 Å². The maximum atomic E-state index is 12.2. The highest BCUT2D eigenvalue weighted by atomic mass is 32.2. The first-order chi connectivity index (χ1) is 10.0. The molecule has 0 unspecified atom stereocenters. The predicted octanol–water partition coefficient (Wildman–Crippen LogP) is 2.38. The predicted molar refractivity (Wildman–Crippen MR) is 86.7 cm³/mol. The second kappa shape index (κ2) is 9.23. The second-order valence-corrected chi connectivity index (χ2v) is 7.24. The van der Waals surface area contributed by atoms with Crippen molar-refractivity contribution in [1.82, 2.24) is 14.6 Å². The van der Waals surface area contributed by atoms with Crippen LogP contribution in [0.5, 0.6) is 0 Å². The normalized spacial score (nSPS) is 12.0. The van der Waals surface area contributed by atoms with Crippen LogP contribution in [-0.2, 0) is 23.6 Å². The Morgan fingerprint density at radius 1 is 1.14 bits per heavy atom. The second-order valence-electron chi connectivity index (χ2n) is 5.47. The van der Waals surface area contributed by atoms with Crippen LogP contribution in [0.25, 0.3) is 0 Å². The summed E-state index contributed by atoms with van der Waals surface area (Å²) in [4.78, 5) is 0.348. The molecule has 0 spiro atoms. The van der Waals surface area contributed by atoms with Gasteiger partial charge in [0.2, 0.25) is 10.0 Å². The average molecular weight is 315 g/mol. The van der Waals surface area contributed by atoms with E-state index in [0.29, 0.717) is 18.0 Å². The number of hydrogen-bond donors (Lipinski definition) is 2. The van der Waals surface area contributed by atoms with Crippen LogP contribution in [0.1, 0.15) is 51.1 Å². The van der Waals surface area contributed by atoms with Crippen molar-refractivity contribution >= 4 is 10.0 Å². The van der Waals surface area contributed by atoms with Gasteiger partial charge in [0.05, 0.1) is 4.90 Å². The minimum atomic E-state index is -3.38. The lowest BCUT2D eigenvalue weighted by molar-refractivity contribution is 0.567. The molecule has 0 bridgehead atoms. The number of unbranched alkanes of at least 4 members (excludes halogenated alkanes) is 5. The van der Waals surface area contributed by atoms with E-state index in [2.05, 4.69) is 17.0 Å². The van der Waals surface area contributed by atoms with Gasteiger partial charge in [0.25, 0.3) is 0 Å². The number of nitrogens with one attached hydrogen (secondary N) is 2. The molecule has 21 heavy (non-hydrogen) atoms. The summed E-state index contributed by atoms with van der Waals surface area (Å²) in [5.41, 5.74) is 0.956. The number of rotatable bonds is 11. The Kier molecular flexibility index (Phi) is 8.00. The summed E-state index contributed by atoms with van der Waals surface area (Å²) in [6.45, 7) is 3.37. The molecule has 0 aliphatic rings. The first kappa shape index (κ1) is 18.2. The quantitative estimate of drug-likeness (QED) is 0.616. The summed E-state index contributed by atoms with van der Waals surface area (Å²) >= 11 is 0. The van der Waals surface area contributed by atoms with E-state index in [1.807, 2.05) is 18.7 Å². The zero-order chi connectivity index (χ0) is 15.7. The highest BCUT2D eigenvalue weighted by molar-refractivity contribution is 7.89. The Balaban J connectivity index is 2.41. The average Bonchev–Trinajstić information content (AvgIpc) is 2.81. The summed E-state index contributed by atoms with van der Waals surface area (Å²) in [6, 6.07) is 1.72. The standard InChI is InChI=1S/C15H29N3O2S/c1-4-5-6-7-8-9-10-17-21(19,20)15-11-14(12-16-2)18(3)13-15/h11,13,16-17H,4-10,12H2,1-3H3. The van der Waals surface area contributed by atoms with Gasteiger partial charge < -0.3 is 9.88 Å². The van der Waals surface area contributed by atoms with Crippen LogP contribution >= 0.6 is 0 Å². The van der Waals surface area contributed by atoms with E-state index in [1.165, 1.54) is 25.7 Å². The van der Waals surface area contributed by atoms with Gasteiger partial charge in [0.1, 0.15) is 0 Å². The summed E-state index contributed by atoms with van der Waals surface area (Å²) in [7, 11) is 0.329. The number of nitrogens with zero attached hydrogens (tertiary/aromatic N) is 1. The molecular weight excluding hydrogens is 286 g/mol. The lowest BCUT2D eigenvalue weighted by Crippen LogP contribution is -2.24. The summed E-state index contributed by atoms with van der Waals surface area (Å²) in [5.74, 6) is 0. The van der Waals surface area contributed by atoms with Gasteiger partial charge >= 0.3 is 0 Å². The van der Waals surface area contributed by atoms with Crippen molar-refractivity contribution in [3.8, 4) is 0 Å². The number of hydrogen-bond acceptors (Lipinski definition) is 3. The Labute approximate surface area is 129 Å². The van der Waals surface area contributed by atoms with Crippen molar-refractivity contribution in [3.63, 3.8) is 0 Å². The fourth-order valence-corrected chi connectivity index (χ4v) is 3.44. The molecule has 1 heterocycles. The fourth-order valence-electron chi connectivity index (χ4n) is 2.28. The van der Waals surface area contributed by atoms with E-state index < -0.39 is 10.0 Å². The molecule has 1 aromatic rings. The summed E-state index contributed by atoms with van der Waals surface area (Å²) in [5, 5.41) is 3.03. The number of aromatic nitrogens is 1. The molecule has 122 valence electrons. The lowest BCUT2D eigenvalue weighted by Gasteiger charge is -2.04. The zero-order valence-corrected chi connectivity index (χ0v) is 14.3. The Morgan fingerprint density at radius 3 is 2.48 bits per heavy atom. The highest BCUT2D eigenvalue weighted by Crippen LogP contribution is 2.13. The van der Waals surface area contributed by atoms with Gasteiger partial charge in [-0.1, -0.05) is 39.0 Å². The van der Waals surface area contributed by atoms with Crippen LogP contribution in [0.4, 0.5) is 0 Å². The monoisotopic (exact) mass is 315 g/mol. The topological polar surface area (TPSA) is 63.1 Å². The van der Waals surface area contributed by atoms with E-state index >= 15 is 0 Å². The van der Waals surface area contributed by atoms with Crippen molar-refractivity contribution in [2.75, 3.05) is 13.6 Å². The molecule has 0 saturated heterocycles. The summed E-state index contributed by atoms with van der Waals surface area (Å²) in [6.07, 6.45) is 8.58. The minimum Gasteiger partial charge on any atom is -0.352 e. The van der Waals surface area contributed by atoms with Gasteiger partial charge in [-0.05, 0) is 19.5 Å². The molecule has 0 fully saturated rings. The third-order valence-corrected chi connectivity index (χ3v) is 5.00. The van der Waals surface area contributed by atoms with Gasteiger partial charge in [-0.25, -0.2) is 13.1 Å². The lowest BCUT2D eigenvalue weighted by atomic mass is 10.1. The van der Waals surface area contributed by atoms with E-state index in [0.717, 1.165) is 18.5 Å². The Morgan fingerprint density at radius 2 is 1.81 bits per heavy atom. The van der Waals surface area contributed by atoms with Crippen molar-refractivity contribution in [2.45, 2.75) is 56.9 Å². The third kappa shape index (κ3) is 6.20. The molecule has 6 heteroatoms. The van der Waals surface area contributed by atoms with Gasteiger partial charge in [0, 0.05) is 32.0 Å². The highest BCUT2D eigenvalue weighted by Gasteiger charge is 2.16. The van der Waals surface area contributed by atoms with Gasteiger partial charge in [-0.15, -0.1) is 0 Å². The molecule has 0 aliphatic carbocycles. The van der Waals surface area contributed by atoms with Crippen LogP contribution in [0.15, 0.2) is 17.2 Å². The molecule has 2 N–H and O–H groups in total. The maximum Gasteiger partial charge on any atom is 0.242 e. The molecule has 5 nitrogen and oxygen atoms in total. The molecule has 1 aromatic heterocycles. The van der Waals surface area contributed by atoms with Crippen molar-refractivity contribution in [3.05, 3.63) is 18.0 Å². The molecule has 0 aliphatic heterocycles. The van der Waals surface area contributed by atoms with Crippen molar-refractivity contribution in [2.24, 2.45) is 7.05 Å². The first-order valence-electron chi connectivity index (χ1n) is 7.80. The van der Waals surface area contributed by atoms with Gasteiger partial charge in [-0.2, -0.15) is 0 Å². The van der Waals surface area contributed by atoms with E-state index in [-0.39, 0.29) is 0 Å². The molecule has 0 atom stereocenters. The number of sulfonamides is 1. The van der Waals surface area contributed by atoms with Crippen LogP contribution in [0.2, 0.25) is 0 Å². The third-order valence-electron chi connectivity index (χ3n) is 3.57. The Hall–Kier alpha value is -0.850. The zero-order valence-electron chi connectivity index (χ0n) is 13.5. The molecule has 0 aromatic carbocycles. The smallest absolute Gasteiger partial charge is 0.242 e. The maximum absolute atomic E-state index is 12.2. The fraction of sp³-hybridized carbons (Fsp3) is 0.733. The van der Waals surface area contributed by atoms with Crippen molar-refractivity contribution in [1.29, 1.82) is 0 Å². The molecule has 0 radical (unpaired) electrons. The van der Waals surface area contributed by atoms with E-state index in [1.54, 1.807) is 12.3 Å². The SMILES string of the molecule is CCCCCCCCNS(=O)(=O)c1cc(CNC)n(C)c1. The molecular formula is C15H29N3O2S.